The van der Waals surface area contributed by atoms with Gasteiger partial charge in [0, 0.05) is 24.8 Å². The van der Waals surface area contributed by atoms with Gasteiger partial charge in [0.2, 0.25) is 11.8 Å². The maximum absolute atomic E-state index is 12.7. The molecule has 32 heavy (non-hydrogen) atoms. The topological polar surface area (TPSA) is 116 Å². The molecule has 11 heteroatoms. The van der Waals surface area contributed by atoms with E-state index < -0.39 is 12.5 Å². The van der Waals surface area contributed by atoms with Crippen molar-refractivity contribution in [3.63, 3.8) is 0 Å². The molecule has 1 aromatic carbocycles. The van der Waals surface area contributed by atoms with Crippen molar-refractivity contribution in [2.75, 3.05) is 13.1 Å². The van der Waals surface area contributed by atoms with Gasteiger partial charge in [0.05, 0.1) is 17.7 Å². The molecule has 1 saturated heterocycles. The summed E-state index contributed by atoms with van der Waals surface area (Å²) in [5.74, 6) is -0.655. The van der Waals surface area contributed by atoms with Gasteiger partial charge in [0.25, 0.3) is 0 Å². The van der Waals surface area contributed by atoms with Gasteiger partial charge in [-0.25, -0.2) is 0 Å². The molecule has 2 fully saturated rings. The largest absolute Gasteiger partial charge is 0.487 e. The Morgan fingerprint density at radius 3 is 2.59 bits per heavy atom. The predicted octanol–water partition coefficient (Wildman–Crippen LogP) is 3.56. The lowest BCUT2D eigenvalue weighted by molar-refractivity contribution is -0.132. The lowest BCUT2D eigenvalue weighted by Gasteiger charge is -2.19. The molecule has 174 valence electrons. The van der Waals surface area contributed by atoms with Crippen LogP contribution in [0.1, 0.15) is 44.6 Å². The Bertz CT molecular complexity index is 908. The van der Waals surface area contributed by atoms with E-state index in [0.717, 1.165) is 30.2 Å². The number of alkyl halides is 2. The summed E-state index contributed by atoms with van der Waals surface area (Å²) in [5, 5.41) is 18.3. The van der Waals surface area contributed by atoms with Gasteiger partial charge in [-0.15, -0.1) is 0 Å². The average Bonchev–Trinajstić information content (AvgIpc) is 3.47. The minimum atomic E-state index is -2.98. The van der Waals surface area contributed by atoms with Crippen molar-refractivity contribution in [1.82, 2.24) is 10.2 Å². The molecule has 1 saturated carbocycles. The van der Waals surface area contributed by atoms with Gasteiger partial charge in [-0.05, 0) is 56.1 Å². The fourth-order valence-corrected chi connectivity index (χ4v) is 4.16. The van der Waals surface area contributed by atoms with Crippen LogP contribution in [0.2, 0.25) is 0 Å². The Morgan fingerprint density at radius 1 is 1.25 bits per heavy atom. The van der Waals surface area contributed by atoms with Crippen LogP contribution in [-0.4, -0.2) is 52.7 Å². The number of ether oxygens (including phenoxy) is 2. The van der Waals surface area contributed by atoms with Crippen molar-refractivity contribution >= 4 is 33.8 Å². The summed E-state index contributed by atoms with van der Waals surface area (Å²) < 4.78 is 35.5. The minimum Gasteiger partial charge on any atom is -0.487 e. The highest BCUT2D eigenvalue weighted by molar-refractivity contribution is 8.26. The number of benzene rings is 1. The summed E-state index contributed by atoms with van der Waals surface area (Å²) in [6, 6.07) is 4.60. The van der Waals surface area contributed by atoms with Gasteiger partial charge in [-0.3, -0.25) is 20.4 Å². The molecule has 1 heterocycles. The molecular formula is C21H26F2N4O4S. The molecule has 1 aliphatic carbocycles. The van der Waals surface area contributed by atoms with Crippen LogP contribution in [0.5, 0.6) is 11.5 Å². The zero-order chi connectivity index (χ0) is 23.4. The minimum absolute atomic E-state index is 0.0780. The molecule has 3 rings (SSSR count). The van der Waals surface area contributed by atoms with Gasteiger partial charge >= 0.3 is 6.61 Å². The lowest BCUT2D eigenvalue weighted by atomic mass is 9.98. The zero-order valence-corrected chi connectivity index (χ0v) is 18.6. The van der Waals surface area contributed by atoms with Gasteiger partial charge in [-0.1, -0.05) is 6.07 Å². The molecule has 1 aromatic rings. The summed E-state index contributed by atoms with van der Waals surface area (Å²) in [4.78, 5) is 26.1. The second-order valence-corrected chi connectivity index (χ2v) is 9.10. The monoisotopic (exact) mass is 468 g/mol. The maximum atomic E-state index is 12.7. The number of nitrogens with zero attached hydrogens (tertiary/aromatic N) is 1. The highest BCUT2D eigenvalue weighted by Gasteiger charge is 2.33. The summed E-state index contributed by atoms with van der Waals surface area (Å²) in [7, 11) is 0. The molecule has 8 nitrogen and oxygen atoms in total. The molecular weight excluding hydrogens is 442 g/mol. The van der Waals surface area contributed by atoms with Crippen LogP contribution in [0.25, 0.3) is 0 Å². The van der Waals surface area contributed by atoms with E-state index in [0.29, 0.717) is 5.04 Å². The maximum Gasteiger partial charge on any atom is 0.387 e. The SMILES string of the molecule is CC(C)Oc1cc([C@@H]2CC(=O)N(CC(=O)NC(=N)SC(=N)C3CC3)C2)ccc1OC(F)F. The van der Waals surface area contributed by atoms with Crippen molar-refractivity contribution < 1.29 is 27.8 Å². The number of halogens is 2. The number of amidine groups is 1. The number of rotatable bonds is 8. The number of carbonyl (C=O) groups excluding carboxylic acids is 2. The van der Waals surface area contributed by atoms with Crippen LogP contribution in [0, 0.1) is 16.7 Å². The predicted molar refractivity (Wildman–Crippen MR) is 117 cm³/mol. The Labute approximate surface area is 189 Å². The number of hydrogen-bond acceptors (Lipinski definition) is 7. The van der Waals surface area contributed by atoms with Crippen molar-refractivity contribution in [2.45, 2.75) is 51.7 Å². The average molecular weight is 469 g/mol. The molecule has 0 aromatic heterocycles. The van der Waals surface area contributed by atoms with E-state index in [2.05, 4.69) is 10.1 Å². The molecule has 1 atom stereocenters. The number of thioether (sulfide) groups is 1. The first-order valence-corrected chi connectivity index (χ1v) is 11.1. The van der Waals surface area contributed by atoms with E-state index in [-0.39, 0.29) is 60.0 Å². The van der Waals surface area contributed by atoms with Crippen LogP contribution < -0.4 is 14.8 Å². The fraction of sp³-hybridized carbons (Fsp3) is 0.524. The molecule has 0 unspecified atom stereocenters. The smallest absolute Gasteiger partial charge is 0.387 e. The van der Waals surface area contributed by atoms with E-state index >= 15 is 0 Å². The van der Waals surface area contributed by atoms with Crippen LogP contribution in [0.4, 0.5) is 8.78 Å². The normalized spacial score (nSPS) is 18.2. The molecule has 0 radical (unpaired) electrons. The summed E-state index contributed by atoms with van der Waals surface area (Å²) in [5.41, 5.74) is 0.722. The highest BCUT2D eigenvalue weighted by atomic mass is 32.2. The fourth-order valence-electron chi connectivity index (χ4n) is 3.37. The quantitative estimate of drug-likeness (QED) is 0.399. The number of hydrogen-bond donors (Lipinski definition) is 3. The summed E-state index contributed by atoms with van der Waals surface area (Å²) in [6.07, 6.45) is 1.79. The van der Waals surface area contributed by atoms with Gasteiger partial charge in [0.15, 0.2) is 16.7 Å². The standard InChI is InChI=1S/C21H26F2N4O4S/c1-11(2)30-16-7-13(5-6-15(16)31-20(22)23)14-8-18(29)27(9-14)10-17(28)26-21(25)32-19(24)12-3-4-12/h5-7,11-12,14,20,24H,3-4,8-10H2,1-2H3,(H2,25,26,28)/t14-/m1/s1. The van der Waals surface area contributed by atoms with Crippen molar-refractivity contribution in [2.24, 2.45) is 5.92 Å². The van der Waals surface area contributed by atoms with Gasteiger partial charge < -0.3 is 19.7 Å². The van der Waals surface area contributed by atoms with Gasteiger partial charge in [-0.2, -0.15) is 8.78 Å². The van der Waals surface area contributed by atoms with E-state index in [1.54, 1.807) is 26.0 Å². The van der Waals surface area contributed by atoms with Crippen LogP contribution >= 0.6 is 11.8 Å². The van der Waals surface area contributed by atoms with Crippen molar-refractivity contribution in [3.8, 4) is 11.5 Å². The van der Waals surface area contributed by atoms with Crippen LogP contribution in [0.3, 0.4) is 0 Å². The lowest BCUT2D eigenvalue weighted by Crippen LogP contribution is -2.39. The van der Waals surface area contributed by atoms with Gasteiger partial charge in [0.1, 0.15) is 0 Å². The third kappa shape index (κ3) is 6.65. The Kier molecular flexibility index (Phi) is 7.70. The third-order valence-electron chi connectivity index (χ3n) is 4.98. The number of carbonyl (C=O) groups is 2. The van der Waals surface area contributed by atoms with E-state index in [9.17, 15) is 18.4 Å². The molecule has 3 N–H and O–H groups in total. The van der Waals surface area contributed by atoms with E-state index in [4.69, 9.17) is 15.6 Å². The zero-order valence-electron chi connectivity index (χ0n) is 17.8. The van der Waals surface area contributed by atoms with E-state index in [1.165, 1.54) is 11.0 Å². The summed E-state index contributed by atoms with van der Waals surface area (Å²) in [6.45, 7) is 0.625. The first-order valence-electron chi connectivity index (χ1n) is 10.3. The van der Waals surface area contributed by atoms with Crippen LogP contribution in [0.15, 0.2) is 18.2 Å². The molecule has 0 spiro atoms. The molecule has 2 amide bonds. The Morgan fingerprint density at radius 2 is 1.97 bits per heavy atom. The number of likely N-dealkylation sites (tertiary alicyclic amines) is 1. The Hall–Kier alpha value is -2.69. The first kappa shape index (κ1) is 24.0. The van der Waals surface area contributed by atoms with Crippen molar-refractivity contribution in [3.05, 3.63) is 23.8 Å². The number of nitrogens with one attached hydrogen (secondary N) is 3. The second-order valence-electron chi connectivity index (χ2n) is 8.04. The highest BCUT2D eigenvalue weighted by Crippen LogP contribution is 2.36. The molecule has 2 aliphatic rings. The summed E-state index contributed by atoms with van der Waals surface area (Å²) >= 11 is 0.919. The molecule has 0 bridgehead atoms. The second kappa shape index (κ2) is 10.3. The number of amides is 2. The Balaban J connectivity index is 1.59. The van der Waals surface area contributed by atoms with E-state index in [1.807, 2.05) is 0 Å². The first-order chi connectivity index (χ1) is 15.1. The van der Waals surface area contributed by atoms with Crippen molar-refractivity contribution in [1.29, 1.82) is 10.8 Å². The van der Waals surface area contributed by atoms with Crippen LogP contribution in [-0.2, 0) is 9.59 Å². The third-order valence-corrected chi connectivity index (χ3v) is 5.84. The molecule has 1 aliphatic heterocycles.